The van der Waals surface area contributed by atoms with Gasteiger partial charge in [0.1, 0.15) is 5.78 Å². The maximum atomic E-state index is 11.0. The van der Waals surface area contributed by atoms with Crippen LogP contribution in [0.15, 0.2) is 0 Å². The average molecular weight is 158 g/mol. The Bertz CT molecular complexity index is 117. The number of hydrogen-bond acceptors (Lipinski definition) is 2. The van der Waals surface area contributed by atoms with Crippen LogP contribution in [0.3, 0.4) is 0 Å². The summed E-state index contributed by atoms with van der Waals surface area (Å²) >= 11 is 0. The van der Waals surface area contributed by atoms with Crippen molar-refractivity contribution in [1.29, 1.82) is 0 Å². The molecule has 0 aliphatic heterocycles. The molecule has 66 valence electrons. The third-order valence-electron chi connectivity index (χ3n) is 1.52. The predicted molar refractivity (Wildman–Crippen MR) is 45.4 cm³/mol. The first-order valence-electron chi connectivity index (χ1n) is 4.22. The topological polar surface area (TPSA) is 37.3 Å². The van der Waals surface area contributed by atoms with E-state index in [0.29, 0.717) is 18.8 Å². The number of ketones is 1. The van der Waals surface area contributed by atoms with Gasteiger partial charge in [-0.25, -0.2) is 0 Å². The van der Waals surface area contributed by atoms with Gasteiger partial charge in [-0.3, -0.25) is 4.79 Å². The molecule has 0 spiro atoms. The van der Waals surface area contributed by atoms with Gasteiger partial charge in [0.2, 0.25) is 0 Å². The molecule has 1 atom stereocenters. The van der Waals surface area contributed by atoms with Crippen LogP contribution in [-0.2, 0) is 4.79 Å². The molecule has 0 saturated heterocycles. The van der Waals surface area contributed by atoms with Crippen LogP contribution in [0, 0.1) is 5.92 Å². The SMILES string of the molecule is CC(C)CCC(=O)CC(C)O. The standard InChI is InChI=1S/C9H18O2/c1-7(2)4-5-9(11)6-8(3)10/h7-8,10H,4-6H2,1-3H3. The van der Waals surface area contributed by atoms with Gasteiger partial charge in [-0.1, -0.05) is 13.8 Å². The van der Waals surface area contributed by atoms with Crippen molar-refractivity contribution in [3.63, 3.8) is 0 Å². The zero-order valence-corrected chi connectivity index (χ0v) is 7.63. The van der Waals surface area contributed by atoms with E-state index in [1.807, 2.05) is 0 Å². The second-order valence-corrected chi connectivity index (χ2v) is 3.52. The van der Waals surface area contributed by atoms with Crippen LogP contribution < -0.4 is 0 Å². The molecule has 1 unspecified atom stereocenters. The highest BCUT2D eigenvalue weighted by atomic mass is 16.3. The number of Topliss-reactive ketones (excluding diaryl/α,β-unsaturated/α-hetero) is 1. The maximum absolute atomic E-state index is 11.0. The fourth-order valence-electron chi connectivity index (χ4n) is 0.881. The van der Waals surface area contributed by atoms with E-state index in [1.54, 1.807) is 6.92 Å². The fraction of sp³-hybridized carbons (Fsp3) is 0.889. The van der Waals surface area contributed by atoms with Gasteiger partial charge in [0.05, 0.1) is 6.10 Å². The zero-order chi connectivity index (χ0) is 8.85. The summed E-state index contributed by atoms with van der Waals surface area (Å²) in [6, 6.07) is 0. The Morgan fingerprint density at radius 1 is 1.36 bits per heavy atom. The van der Waals surface area contributed by atoms with Crippen LogP contribution in [0.4, 0.5) is 0 Å². The first kappa shape index (κ1) is 10.6. The van der Waals surface area contributed by atoms with Crippen molar-refractivity contribution in [2.75, 3.05) is 0 Å². The highest BCUT2D eigenvalue weighted by Crippen LogP contribution is 2.06. The summed E-state index contributed by atoms with van der Waals surface area (Å²) in [5, 5.41) is 8.87. The number of aliphatic hydroxyl groups is 1. The summed E-state index contributed by atoms with van der Waals surface area (Å²) in [6.45, 7) is 5.83. The molecule has 0 amide bonds. The molecule has 0 aromatic carbocycles. The summed E-state index contributed by atoms with van der Waals surface area (Å²) in [7, 11) is 0. The van der Waals surface area contributed by atoms with Gasteiger partial charge in [-0.05, 0) is 19.3 Å². The molecular weight excluding hydrogens is 140 g/mol. The van der Waals surface area contributed by atoms with Crippen LogP contribution in [0.1, 0.15) is 40.0 Å². The summed E-state index contributed by atoms with van der Waals surface area (Å²) in [6.07, 6.45) is 1.38. The van der Waals surface area contributed by atoms with E-state index in [-0.39, 0.29) is 5.78 Å². The number of aliphatic hydroxyl groups excluding tert-OH is 1. The molecule has 0 saturated carbocycles. The smallest absolute Gasteiger partial charge is 0.135 e. The zero-order valence-electron chi connectivity index (χ0n) is 7.63. The fourth-order valence-corrected chi connectivity index (χ4v) is 0.881. The molecule has 0 fully saturated rings. The third kappa shape index (κ3) is 7.53. The minimum Gasteiger partial charge on any atom is -0.393 e. The van der Waals surface area contributed by atoms with Crippen molar-refractivity contribution < 1.29 is 9.90 Å². The van der Waals surface area contributed by atoms with Gasteiger partial charge < -0.3 is 5.11 Å². The van der Waals surface area contributed by atoms with E-state index >= 15 is 0 Å². The molecule has 0 rings (SSSR count). The van der Waals surface area contributed by atoms with Crippen molar-refractivity contribution in [2.24, 2.45) is 5.92 Å². The van der Waals surface area contributed by atoms with E-state index in [9.17, 15) is 4.79 Å². The molecule has 11 heavy (non-hydrogen) atoms. The maximum Gasteiger partial charge on any atom is 0.135 e. The minimum absolute atomic E-state index is 0.175. The molecule has 2 heteroatoms. The number of rotatable bonds is 5. The van der Waals surface area contributed by atoms with E-state index in [2.05, 4.69) is 13.8 Å². The van der Waals surface area contributed by atoms with E-state index in [0.717, 1.165) is 6.42 Å². The van der Waals surface area contributed by atoms with Crippen LogP contribution >= 0.6 is 0 Å². The van der Waals surface area contributed by atoms with Crippen LogP contribution in [0.25, 0.3) is 0 Å². The highest BCUT2D eigenvalue weighted by molar-refractivity contribution is 5.78. The molecule has 0 bridgehead atoms. The van der Waals surface area contributed by atoms with Gasteiger partial charge in [-0.2, -0.15) is 0 Å². The lowest BCUT2D eigenvalue weighted by molar-refractivity contribution is -0.120. The highest BCUT2D eigenvalue weighted by Gasteiger charge is 2.06. The van der Waals surface area contributed by atoms with Crippen molar-refractivity contribution in [3.8, 4) is 0 Å². The monoisotopic (exact) mass is 158 g/mol. The molecule has 0 heterocycles. The molecular formula is C9H18O2. The predicted octanol–water partition coefficient (Wildman–Crippen LogP) is 1.76. The van der Waals surface area contributed by atoms with Crippen molar-refractivity contribution in [2.45, 2.75) is 46.1 Å². The number of carbonyl (C=O) groups is 1. The number of hydrogen-bond donors (Lipinski definition) is 1. The molecule has 0 radical (unpaired) electrons. The summed E-state index contributed by atoms with van der Waals surface area (Å²) in [4.78, 5) is 11.0. The van der Waals surface area contributed by atoms with Crippen LogP contribution in [-0.4, -0.2) is 17.0 Å². The lowest BCUT2D eigenvalue weighted by atomic mass is 10.0. The van der Waals surface area contributed by atoms with Crippen molar-refractivity contribution in [1.82, 2.24) is 0 Å². The van der Waals surface area contributed by atoms with Gasteiger partial charge in [0, 0.05) is 12.8 Å². The Morgan fingerprint density at radius 2 is 1.91 bits per heavy atom. The second-order valence-electron chi connectivity index (χ2n) is 3.52. The first-order chi connectivity index (χ1) is 5.02. The lowest BCUT2D eigenvalue weighted by Crippen LogP contribution is -2.09. The second kappa shape index (κ2) is 5.30. The molecule has 0 aliphatic rings. The molecule has 2 nitrogen and oxygen atoms in total. The molecule has 0 aromatic heterocycles. The van der Waals surface area contributed by atoms with Gasteiger partial charge in [0.25, 0.3) is 0 Å². The Morgan fingerprint density at radius 3 is 2.27 bits per heavy atom. The van der Waals surface area contributed by atoms with Crippen LogP contribution in [0.2, 0.25) is 0 Å². The van der Waals surface area contributed by atoms with Crippen LogP contribution in [0.5, 0.6) is 0 Å². The largest absolute Gasteiger partial charge is 0.393 e. The Hall–Kier alpha value is -0.370. The van der Waals surface area contributed by atoms with Gasteiger partial charge >= 0.3 is 0 Å². The van der Waals surface area contributed by atoms with E-state index in [4.69, 9.17) is 5.11 Å². The summed E-state index contributed by atoms with van der Waals surface area (Å²) in [5.74, 6) is 0.752. The first-order valence-corrected chi connectivity index (χ1v) is 4.22. The average Bonchev–Trinajstić information content (AvgIpc) is 1.82. The number of carbonyl (C=O) groups excluding carboxylic acids is 1. The van der Waals surface area contributed by atoms with Gasteiger partial charge in [-0.15, -0.1) is 0 Å². The van der Waals surface area contributed by atoms with E-state index in [1.165, 1.54) is 0 Å². The van der Waals surface area contributed by atoms with E-state index < -0.39 is 6.10 Å². The molecule has 1 N–H and O–H groups in total. The van der Waals surface area contributed by atoms with Crippen molar-refractivity contribution >= 4 is 5.78 Å². The minimum atomic E-state index is -0.477. The summed E-state index contributed by atoms with van der Waals surface area (Å²) < 4.78 is 0. The normalized spacial score (nSPS) is 13.5. The Labute approximate surface area is 68.6 Å². The summed E-state index contributed by atoms with van der Waals surface area (Å²) in [5.41, 5.74) is 0. The van der Waals surface area contributed by atoms with Crippen molar-refractivity contribution in [3.05, 3.63) is 0 Å². The Kier molecular flexibility index (Phi) is 5.12. The third-order valence-corrected chi connectivity index (χ3v) is 1.52. The molecule has 0 aliphatic carbocycles. The Balaban J connectivity index is 3.38. The van der Waals surface area contributed by atoms with Gasteiger partial charge in [0.15, 0.2) is 0 Å². The lowest BCUT2D eigenvalue weighted by Gasteiger charge is -2.04. The molecule has 0 aromatic rings. The quantitative estimate of drug-likeness (QED) is 0.662.